The number of hydrogen-bond acceptors (Lipinski definition) is 6. The molecule has 0 aliphatic carbocycles. The standard InChI is InChI=1S/C21H21N5O5/c1-3-5-11-25-19-17(20(27)23-21(25)28)24(4-2)18(22-19)16-10-9-15(31-16)13-7-6-8-14(12-13)26(29)30/h6-10,12H,3-5,11H2,1-2H3,(H,23,27,28). The quantitative estimate of drug-likeness (QED) is 0.357. The number of hydrogen-bond donors (Lipinski definition) is 1. The number of non-ortho nitro benzene ring substituents is 1. The lowest BCUT2D eigenvalue weighted by molar-refractivity contribution is -0.384. The maximum absolute atomic E-state index is 12.6. The first kappa shape index (κ1) is 20.3. The van der Waals surface area contributed by atoms with E-state index in [1.54, 1.807) is 28.8 Å². The molecule has 31 heavy (non-hydrogen) atoms. The van der Waals surface area contributed by atoms with Gasteiger partial charge in [-0.15, -0.1) is 0 Å². The van der Waals surface area contributed by atoms with Crippen LogP contribution in [-0.4, -0.2) is 24.0 Å². The number of benzene rings is 1. The third-order valence-corrected chi connectivity index (χ3v) is 5.10. The van der Waals surface area contributed by atoms with Crippen LogP contribution in [0.25, 0.3) is 34.1 Å². The van der Waals surface area contributed by atoms with Crippen LogP contribution in [-0.2, 0) is 13.1 Å². The van der Waals surface area contributed by atoms with Crippen molar-refractivity contribution in [3.63, 3.8) is 0 Å². The molecular weight excluding hydrogens is 402 g/mol. The average molecular weight is 423 g/mol. The molecule has 160 valence electrons. The lowest BCUT2D eigenvalue weighted by Crippen LogP contribution is -2.31. The van der Waals surface area contributed by atoms with Crippen molar-refractivity contribution in [1.82, 2.24) is 19.1 Å². The molecule has 4 aromatic rings. The molecule has 3 heterocycles. The zero-order valence-corrected chi connectivity index (χ0v) is 17.1. The number of nitro benzene ring substituents is 1. The summed E-state index contributed by atoms with van der Waals surface area (Å²) in [6, 6.07) is 9.53. The molecule has 0 atom stereocenters. The number of unbranched alkanes of at least 4 members (excludes halogenated alkanes) is 1. The number of fused-ring (bicyclic) bond motifs is 1. The SMILES string of the molecule is CCCCn1c(=O)[nH]c(=O)c2c1nc(-c1ccc(-c3cccc([N+](=O)[O-])c3)o1)n2CC. The highest BCUT2D eigenvalue weighted by molar-refractivity contribution is 5.76. The number of nitrogens with zero attached hydrogens (tertiary/aromatic N) is 4. The van der Waals surface area contributed by atoms with Crippen molar-refractivity contribution >= 4 is 16.9 Å². The maximum Gasteiger partial charge on any atom is 0.330 e. The van der Waals surface area contributed by atoms with Crippen molar-refractivity contribution in [1.29, 1.82) is 0 Å². The van der Waals surface area contributed by atoms with Crippen molar-refractivity contribution in [2.45, 2.75) is 39.8 Å². The largest absolute Gasteiger partial charge is 0.453 e. The Labute approximate surface area is 175 Å². The van der Waals surface area contributed by atoms with Crippen LogP contribution in [0.3, 0.4) is 0 Å². The summed E-state index contributed by atoms with van der Waals surface area (Å²) in [6.07, 6.45) is 1.66. The van der Waals surface area contributed by atoms with E-state index >= 15 is 0 Å². The molecule has 0 amide bonds. The van der Waals surface area contributed by atoms with E-state index in [2.05, 4.69) is 9.97 Å². The van der Waals surface area contributed by atoms with Crippen LogP contribution in [0.1, 0.15) is 26.7 Å². The van der Waals surface area contributed by atoms with Gasteiger partial charge in [0.1, 0.15) is 5.76 Å². The third-order valence-electron chi connectivity index (χ3n) is 5.10. The van der Waals surface area contributed by atoms with Crippen molar-refractivity contribution in [2.75, 3.05) is 0 Å². The Balaban J connectivity index is 1.87. The molecule has 0 saturated carbocycles. The van der Waals surface area contributed by atoms with E-state index in [0.29, 0.717) is 47.2 Å². The Bertz CT molecular complexity index is 1390. The fraction of sp³-hybridized carbons (Fsp3) is 0.286. The second-order valence-electron chi connectivity index (χ2n) is 7.09. The van der Waals surface area contributed by atoms with Crippen molar-refractivity contribution in [2.24, 2.45) is 0 Å². The normalized spacial score (nSPS) is 11.3. The van der Waals surface area contributed by atoms with E-state index in [1.165, 1.54) is 16.7 Å². The number of nitrogens with one attached hydrogen (secondary N) is 1. The minimum absolute atomic E-state index is 0.0391. The van der Waals surface area contributed by atoms with E-state index in [9.17, 15) is 19.7 Å². The average Bonchev–Trinajstić information content (AvgIpc) is 3.38. The Morgan fingerprint density at radius 3 is 2.61 bits per heavy atom. The van der Waals surface area contributed by atoms with Gasteiger partial charge in [0, 0.05) is 30.8 Å². The molecule has 0 unspecified atom stereocenters. The summed E-state index contributed by atoms with van der Waals surface area (Å²) >= 11 is 0. The van der Waals surface area contributed by atoms with E-state index in [1.807, 2.05) is 13.8 Å². The number of nitro groups is 1. The van der Waals surface area contributed by atoms with Gasteiger partial charge in [0.25, 0.3) is 11.2 Å². The Hall–Kier alpha value is -3.95. The summed E-state index contributed by atoms with van der Waals surface area (Å²) in [5.74, 6) is 1.25. The number of furan rings is 1. The van der Waals surface area contributed by atoms with Gasteiger partial charge in [-0.25, -0.2) is 9.78 Å². The van der Waals surface area contributed by atoms with Crippen LogP contribution in [0.5, 0.6) is 0 Å². The van der Waals surface area contributed by atoms with Gasteiger partial charge in [-0.05, 0) is 25.5 Å². The van der Waals surface area contributed by atoms with Gasteiger partial charge in [-0.3, -0.25) is 24.5 Å². The van der Waals surface area contributed by atoms with Gasteiger partial charge in [0.15, 0.2) is 22.7 Å². The third kappa shape index (κ3) is 3.56. The molecule has 0 radical (unpaired) electrons. The predicted molar refractivity (Wildman–Crippen MR) is 115 cm³/mol. The van der Waals surface area contributed by atoms with Crippen molar-refractivity contribution in [3.8, 4) is 22.9 Å². The number of aryl methyl sites for hydroxylation is 2. The highest BCUT2D eigenvalue weighted by Crippen LogP contribution is 2.31. The zero-order chi connectivity index (χ0) is 22.1. The molecule has 0 aliphatic heterocycles. The van der Waals surface area contributed by atoms with Crippen LogP contribution in [0.2, 0.25) is 0 Å². The van der Waals surface area contributed by atoms with Gasteiger partial charge in [-0.2, -0.15) is 0 Å². The molecule has 0 spiro atoms. The molecule has 0 aliphatic rings. The minimum atomic E-state index is -0.501. The summed E-state index contributed by atoms with van der Waals surface area (Å²) < 4.78 is 9.12. The Morgan fingerprint density at radius 2 is 1.90 bits per heavy atom. The number of imidazole rings is 1. The van der Waals surface area contributed by atoms with E-state index in [-0.39, 0.29) is 5.69 Å². The van der Waals surface area contributed by atoms with Gasteiger partial charge >= 0.3 is 5.69 Å². The summed E-state index contributed by atoms with van der Waals surface area (Å²) in [4.78, 5) is 42.5. The van der Waals surface area contributed by atoms with Crippen LogP contribution in [0.15, 0.2) is 50.4 Å². The van der Waals surface area contributed by atoms with E-state index in [4.69, 9.17) is 4.42 Å². The molecule has 10 heteroatoms. The molecule has 1 aromatic carbocycles. The number of rotatable bonds is 7. The molecular formula is C21H21N5O5. The van der Waals surface area contributed by atoms with Crippen LogP contribution in [0.4, 0.5) is 5.69 Å². The van der Waals surface area contributed by atoms with Crippen LogP contribution in [0, 0.1) is 10.1 Å². The maximum atomic E-state index is 12.6. The van der Waals surface area contributed by atoms with E-state index < -0.39 is 16.2 Å². The Morgan fingerprint density at radius 1 is 1.13 bits per heavy atom. The van der Waals surface area contributed by atoms with Crippen LogP contribution < -0.4 is 11.2 Å². The molecule has 10 nitrogen and oxygen atoms in total. The molecule has 0 fully saturated rings. The lowest BCUT2D eigenvalue weighted by atomic mass is 10.1. The van der Waals surface area contributed by atoms with Gasteiger partial charge in [0.05, 0.1) is 4.92 Å². The van der Waals surface area contributed by atoms with Gasteiger partial charge in [0.2, 0.25) is 0 Å². The summed E-state index contributed by atoms with van der Waals surface area (Å²) in [5, 5.41) is 11.1. The second-order valence-corrected chi connectivity index (χ2v) is 7.09. The fourth-order valence-corrected chi connectivity index (χ4v) is 3.58. The molecule has 1 N–H and O–H groups in total. The van der Waals surface area contributed by atoms with Crippen LogP contribution >= 0.6 is 0 Å². The monoisotopic (exact) mass is 423 g/mol. The Kier molecular flexibility index (Phi) is 5.28. The summed E-state index contributed by atoms with van der Waals surface area (Å²) in [5.41, 5.74) is 0.141. The number of aromatic nitrogens is 4. The number of H-pyrrole nitrogens is 1. The summed E-state index contributed by atoms with van der Waals surface area (Å²) in [6.45, 7) is 4.77. The zero-order valence-electron chi connectivity index (χ0n) is 17.1. The van der Waals surface area contributed by atoms with Gasteiger partial charge in [-0.1, -0.05) is 25.5 Å². The minimum Gasteiger partial charge on any atom is -0.453 e. The van der Waals surface area contributed by atoms with E-state index in [0.717, 1.165) is 12.8 Å². The smallest absolute Gasteiger partial charge is 0.330 e. The highest BCUT2D eigenvalue weighted by atomic mass is 16.6. The first-order chi connectivity index (χ1) is 14.9. The van der Waals surface area contributed by atoms with Crippen molar-refractivity contribution in [3.05, 3.63) is 67.4 Å². The van der Waals surface area contributed by atoms with Gasteiger partial charge < -0.3 is 8.98 Å². The molecule has 4 rings (SSSR count). The molecule has 0 saturated heterocycles. The topological polar surface area (TPSA) is 129 Å². The lowest BCUT2D eigenvalue weighted by Gasteiger charge is -2.05. The molecule has 0 bridgehead atoms. The highest BCUT2D eigenvalue weighted by Gasteiger charge is 2.21. The number of aromatic amines is 1. The predicted octanol–water partition coefficient (Wildman–Crippen LogP) is 3.54. The second kappa shape index (κ2) is 8.05. The molecule has 3 aromatic heterocycles. The first-order valence-corrected chi connectivity index (χ1v) is 10.0. The van der Waals surface area contributed by atoms with Crippen molar-refractivity contribution < 1.29 is 9.34 Å². The first-order valence-electron chi connectivity index (χ1n) is 10.0. The fourth-order valence-electron chi connectivity index (χ4n) is 3.58. The summed E-state index contributed by atoms with van der Waals surface area (Å²) in [7, 11) is 0.